The first-order valence-corrected chi connectivity index (χ1v) is 7.49. The minimum absolute atomic E-state index is 0.131. The summed E-state index contributed by atoms with van der Waals surface area (Å²) in [6, 6.07) is 12.7. The van der Waals surface area contributed by atoms with Gasteiger partial charge in [-0.05, 0) is 24.3 Å². The highest BCUT2D eigenvalue weighted by Crippen LogP contribution is 2.29. The number of amides is 1. The van der Waals surface area contributed by atoms with Gasteiger partial charge in [0.15, 0.2) is 6.54 Å². The van der Waals surface area contributed by atoms with Gasteiger partial charge in [0, 0.05) is 10.6 Å². The van der Waals surface area contributed by atoms with E-state index in [4.69, 9.17) is 34.8 Å². The molecule has 0 unspecified atom stereocenters. The molecule has 0 heterocycles. The van der Waals surface area contributed by atoms with Crippen molar-refractivity contribution in [3.05, 3.63) is 63.1 Å². The number of hydrogen-bond donors (Lipinski definition) is 2. The van der Waals surface area contributed by atoms with Gasteiger partial charge in [0.2, 0.25) is 0 Å². The van der Waals surface area contributed by atoms with E-state index in [1.54, 1.807) is 18.2 Å². The lowest BCUT2D eigenvalue weighted by atomic mass is 10.2. The third kappa shape index (κ3) is 4.90. The first-order chi connectivity index (χ1) is 10.1. The number of nitrogens with two attached hydrogens (primary N) is 1. The zero-order valence-corrected chi connectivity index (χ0v) is 13.3. The molecule has 0 radical (unpaired) electrons. The van der Waals surface area contributed by atoms with Crippen molar-refractivity contribution in [1.29, 1.82) is 0 Å². The largest absolute Gasteiger partial charge is 0.335 e. The summed E-state index contributed by atoms with van der Waals surface area (Å²) in [6.45, 7) is 0.999. The molecular weight excluding hydrogens is 331 g/mol. The van der Waals surface area contributed by atoms with Crippen molar-refractivity contribution in [1.82, 2.24) is 0 Å². The van der Waals surface area contributed by atoms with Crippen LogP contribution >= 0.6 is 34.8 Å². The van der Waals surface area contributed by atoms with Crippen molar-refractivity contribution in [3.8, 4) is 0 Å². The normalized spacial score (nSPS) is 10.4. The molecule has 0 fully saturated rings. The summed E-state index contributed by atoms with van der Waals surface area (Å²) in [7, 11) is 0. The van der Waals surface area contributed by atoms with Gasteiger partial charge in [0.25, 0.3) is 5.91 Å². The number of carbonyl (C=O) groups is 1. The van der Waals surface area contributed by atoms with Crippen molar-refractivity contribution in [2.75, 3.05) is 11.9 Å². The van der Waals surface area contributed by atoms with E-state index < -0.39 is 0 Å². The highest BCUT2D eigenvalue weighted by Gasteiger charge is 2.09. The summed E-state index contributed by atoms with van der Waals surface area (Å²) in [4.78, 5) is 11.9. The van der Waals surface area contributed by atoms with Crippen LogP contribution in [0.5, 0.6) is 0 Å². The fourth-order valence-corrected chi connectivity index (χ4v) is 2.27. The second-order valence-corrected chi connectivity index (χ2v) is 5.69. The molecular formula is C15H14Cl3N2O+. The molecule has 0 saturated heterocycles. The van der Waals surface area contributed by atoms with Crippen LogP contribution in [0.15, 0.2) is 42.5 Å². The number of halogens is 3. The van der Waals surface area contributed by atoms with E-state index in [0.717, 1.165) is 5.56 Å². The van der Waals surface area contributed by atoms with Crippen molar-refractivity contribution in [2.24, 2.45) is 0 Å². The molecule has 0 bridgehead atoms. The van der Waals surface area contributed by atoms with Crippen LogP contribution in [-0.2, 0) is 11.3 Å². The van der Waals surface area contributed by atoms with E-state index in [-0.39, 0.29) is 5.91 Å². The average Bonchev–Trinajstić information content (AvgIpc) is 2.46. The second kappa shape index (κ2) is 7.66. The van der Waals surface area contributed by atoms with Crippen molar-refractivity contribution in [2.45, 2.75) is 6.54 Å². The first kappa shape index (κ1) is 16.1. The Balaban J connectivity index is 1.82. The lowest BCUT2D eigenvalue weighted by Crippen LogP contribution is -2.84. The third-order valence-corrected chi connectivity index (χ3v) is 3.92. The van der Waals surface area contributed by atoms with Crippen molar-refractivity contribution < 1.29 is 10.1 Å². The Kier molecular flexibility index (Phi) is 5.88. The Morgan fingerprint density at radius 2 is 1.76 bits per heavy atom. The third-order valence-electron chi connectivity index (χ3n) is 2.85. The molecule has 0 aliphatic rings. The van der Waals surface area contributed by atoms with Gasteiger partial charge < -0.3 is 10.6 Å². The average molecular weight is 345 g/mol. The van der Waals surface area contributed by atoms with Gasteiger partial charge in [0.05, 0.1) is 15.7 Å². The number of anilines is 1. The summed E-state index contributed by atoms with van der Waals surface area (Å²) < 4.78 is 0. The van der Waals surface area contributed by atoms with Crippen molar-refractivity contribution >= 4 is 46.4 Å². The number of hydrogen-bond acceptors (Lipinski definition) is 1. The van der Waals surface area contributed by atoms with Crippen molar-refractivity contribution in [3.63, 3.8) is 0 Å². The van der Waals surface area contributed by atoms with E-state index in [1.807, 2.05) is 29.6 Å². The summed E-state index contributed by atoms with van der Waals surface area (Å²) in [5.41, 5.74) is 1.63. The minimum Gasteiger partial charge on any atom is -0.335 e. The van der Waals surface area contributed by atoms with Crippen LogP contribution in [0.3, 0.4) is 0 Å². The molecule has 2 aromatic rings. The maximum Gasteiger partial charge on any atom is 0.279 e. The Morgan fingerprint density at radius 3 is 2.48 bits per heavy atom. The number of carbonyl (C=O) groups excluding carboxylic acids is 1. The van der Waals surface area contributed by atoms with E-state index in [2.05, 4.69) is 5.32 Å². The topological polar surface area (TPSA) is 45.7 Å². The minimum atomic E-state index is -0.131. The van der Waals surface area contributed by atoms with Gasteiger partial charge in [-0.1, -0.05) is 53.0 Å². The Morgan fingerprint density at radius 1 is 1.05 bits per heavy atom. The van der Waals surface area contributed by atoms with Crippen LogP contribution in [0, 0.1) is 0 Å². The zero-order chi connectivity index (χ0) is 15.2. The molecule has 2 aromatic carbocycles. The van der Waals surface area contributed by atoms with Crippen LogP contribution < -0.4 is 10.6 Å². The predicted octanol–water partition coefficient (Wildman–Crippen LogP) is 3.35. The highest BCUT2D eigenvalue weighted by atomic mass is 35.5. The molecule has 0 saturated carbocycles. The standard InChI is InChI=1S/C15H13Cl3N2O/c16-11-6-4-10(5-7-11)8-19-9-14(21)20-13-3-1-2-12(17)15(13)18/h1-7,19H,8-9H2,(H,20,21)/p+1. The Labute approximate surface area is 138 Å². The maximum atomic E-state index is 11.9. The molecule has 0 aromatic heterocycles. The smallest absolute Gasteiger partial charge is 0.279 e. The van der Waals surface area contributed by atoms with E-state index in [0.29, 0.717) is 33.8 Å². The maximum absolute atomic E-state index is 11.9. The fourth-order valence-electron chi connectivity index (χ4n) is 1.79. The van der Waals surface area contributed by atoms with Gasteiger partial charge in [-0.2, -0.15) is 0 Å². The molecule has 110 valence electrons. The van der Waals surface area contributed by atoms with Crippen LogP contribution in [0.4, 0.5) is 5.69 Å². The molecule has 6 heteroatoms. The molecule has 1 amide bonds. The summed E-state index contributed by atoms with van der Waals surface area (Å²) in [5.74, 6) is -0.131. The summed E-state index contributed by atoms with van der Waals surface area (Å²) in [5, 5.41) is 6.11. The molecule has 3 N–H and O–H groups in total. The lowest BCUT2D eigenvalue weighted by Gasteiger charge is -2.07. The van der Waals surface area contributed by atoms with E-state index in [1.165, 1.54) is 0 Å². The fraction of sp³-hybridized carbons (Fsp3) is 0.133. The zero-order valence-electron chi connectivity index (χ0n) is 11.1. The molecule has 0 aliphatic heterocycles. The number of quaternary nitrogens is 1. The van der Waals surface area contributed by atoms with Gasteiger partial charge in [-0.25, -0.2) is 0 Å². The molecule has 2 rings (SSSR count). The monoisotopic (exact) mass is 343 g/mol. The van der Waals surface area contributed by atoms with Crippen LogP contribution in [0.2, 0.25) is 15.1 Å². The SMILES string of the molecule is O=C(C[NH2+]Cc1ccc(Cl)cc1)Nc1cccc(Cl)c1Cl. The number of rotatable bonds is 5. The van der Waals surface area contributed by atoms with E-state index >= 15 is 0 Å². The molecule has 21 heavy (non-hydrogen) atoms. The van der Waals surface area contributed by atoms with Gasteiger partial charge in [-0.15, -0.1) is 0 Å². The van der Waals surface area contributed by atoms with Crippen LogP contribution in [0.25, 0.3) is 0 Å². The molecule has 3 nitrogen and oxygen atoms in total. The molecule has 0 atom stereocenters. The number of nitrogens with one attached hydrogen (secondary N) is 1. The molecule has 0 spiro atoms. The lowest BCUT2D eigenvalue weighted by molar-refractivity contribution is -0.659. The summed E-state index contributed by atoms with van der Waals surface area (Å²) >= 11 is 17.7. The van der Waals surface area contributed by atoms with Crippen LogP contribution in [-0.4, -0.2) is 12.5 Å². The predicted molar refractivity (Wildman–Crippen MR) is 87.0 cm³/mol. The van der Waals surface area contributed by atoms with Gasteiger partial charge >= 0.3 is 0 Å². The first-order valence-electron chi connectivity index (χ1n) is 6.36. The Hall–Kier alpha value is -1.26. The second-order valence-electron chi connectivity index (χ2n) is 4.47. The number of benzene rings is 2. The highest BCUT2D eigenvalue weighted by molar-refractivity contribution is 6.44. The molecule has 0 aliphatic carbocycles. The van der Waals surface area contributed by atoms with Crippen LogP contribution in [0.1, 0.15) is 5.56 Å². The summed E-state index contributed by atoms with van der Waals surface area (Å²) in [6.07, 6.45) is 0. The quantitative estimate of drug-likeness (QED) is 0.858. The Bertz CT molecular complexity index is 629. The van der Waals surface area contributed by atoms with E-state index in [9.17, 15) is 4.79 Å². The van der Waals surface area contributed by atoms with Gasteiger partial charge in [-0.3, -0.25) is 4.79 Å². The van der Waals surface area contributed by atoms with Gasteiger partial charge in [0.1, 0.15) is 6.54 Å².